The molecule has 28 heavy (non-hydrogen) atoms. The predicted octanol–water partition coefficient (Wildman–Crippen LogP) is 3.41. The number of carbonyl (C=O) groups excluding carboxylic acids is 1. The molecule has 0 saturated carbocycles. The van der Waals surface area contributed by atoms with Gasteiger partial charge in [-0.15, -0.1) is 0 Å². The number of rotatable bonds is 5. The molecule has 150 valence electrons. The van der Waals surface area contributed by atoms with Gasteiger partial charge in [-0.25, -0.2) is 8.42 Å². The van der Waals surface area contributed by atoms with Crippen molar-refractivity contribution in [1.82, 2.24) is 4.31 Å². The number of carbonyl (C=O) groups is 1. The number of hydrogen-bond donors (Lipinski definition) is 1. The van der Waals surface area contributed by atoms with Crippen LogP contribution in [0.3, 0.4) is 0 Å². The largest absolute Gasteiger partial charge is 0.490 e. The van der Waals surface area contributed by atoms with Gasteiger partial charge in [0.25, 0.3) is 0 Å². The second-order valence-electron chi connectivity index (χ2n) is 6.09. The number of fused-ring (bicyclic) bond motifs is 1. The Kier molecular flexibility index (Phi) is 6.34. The van der Waals surface area contributed by atoms with E-state index in [9.17, 15) is 13.2 Å². The number of nitrogens with zero attached hydrogens (tertiary/aromatic N) is 1. The molecule has 2 aromatic rings. The molecule has 3 rings (SSSR count). The molecule has 2 aromatic carbocycles. The van der Waals surface area contributed by atoms with Crippen molar-refractivity contribution in [1.29, 1.82) is 0 Å². The lowest BCUT2D eigenvalue weighted by Crippen LogP contribution is -2.35. The van der Waals surface area contributed by atoms with E-state index in [0.717, 1.165) is 4.31 Å². The third-order valence-electron chi connectivity index (χ3n) is 4.00. The van der Waals surface area contributed by atoms with E-state index in [-0.39, 0.29) is 4.90 Å². The molecular formula is C18H18Cl2N2O5S. The second kappa shape index (κ2) is 8.57. The van der Waals surface area contributed by atoms with Crippen molar-refractivity contribution in [2.45, 2.75) is 11.3 Å². The van der Waals surface area contributed by atoms with Crippen LogP contribution in [0.4, 0.5) is 5.69 Å². The number of sulfonamides is 1. The standard InChI is InChI=1S/C18H18Cl2N2O5S/c1-22(11-18(23)21-15-9-12(19)3-5-14(15)20)28(24,25)13-4-6-16-17(10-13)27-8-2-7-26-16/h3-6,9-10H,2,7-8,11H2,1H3,(H,21,23). The first-order chi connectivity index (χ1) is 13.3. The molecule has 0 aromatic heterocycles. The van der Waals surface area contributed by atoms with E-state index in [0.29, 0.717) is 46.9 Å². The number of likely N-dealkylation sites (N-methyl/N-ethyl adjacent to an activating group) is 1. The molecule has 0 aliphatic carbocycles. The lowest BCUT2D eigenvalue weighted by atomic mass is 10.3. The Labute approximate surface area is 173 Å². The lowest BCUT2D eigenvalue weighted by molar-refractivity contribution is -0.116. The average molecular weight is 445 g/mol. The van der Waals surface area contributed by atoms with E-state index in [2.05, 4.69) is 5.32 Å². The topological polar surface area (TPSA) is 84.9 Å². The number of benzene rings is 2. The van der Waals surface area contributed by atoms with Crippen LogP contribution in [0, 0.1) is 0 Å². The van der Waals surface area contributed by atoms with Crippen LogP contribution in [-0.2, 0) is 14.8 Å². The molecule has 7 nitrogen and oxygen atoms in total. The van der Waals surface area contributed by atoms with E-state index in [4.69, 9.17) is 32.7 Å². The van der Waals surface area contributed by atoms with Gasteiger partial charge in [0.15, 0.2) is 11.5 Å². The Balaban J connectivity index is 1.74. The fourth-order valence-corrected chi connectivity index (χ4v) is 4.03. The Morgan fingerprint density at radius 3 is 2.57 bits per heavy atom. The first kappa shape index (κ1) is 20.7. The maximum absolute atomic E-state index is 12.8. The lowest BCUT2D eigenvalue weighted by Gasteiger charge is -2.18. The van der Waals surface area contributed by atoms with Crippen molar-refractivity contribution in [2.24, 2.45) is 0 Å². The van der Waals surface area contributed by atoms with Gasteiger partial charge in [0.2, 0.25) is 15.9 Å². The summed E-state index contributed by atoms with van der Waals surface area (Å²) in [4.78, 5) is 12.3. The van der Waals surface area contributed by atoms with Gasteiger partial charge in [-0.3, -0.25) is 4.79 Å². The molecule has 1 heterocycles. The number of hydrogen-bond acceptors (Lipinski definition) is 5. The highest BCUT2D eigenvalue weighted by atomic mass is 35.5. The Hall–Kier alpha value is -2.00. The molecule has 1 N–H and O–H groups in total. The first-order valence-electron chi connectivity index (χ1n) is 8.38. The van der Waals surface area contributed by atoms with Gasteiger partial charge in [0, 0.05) is 24.6 Å². The van der Waals surface area contributed by atoms with Crippen LogP contribution in [-0.4, -0.2) is 45.4 Å². The van der Waals surface area contributed by atoms with E-state index in [1.807, 2.05) is 0 Å². The smallest absolute Gasteiger partial charge is 0.243 e. The fraction of sp³-hybridized carbons (Fsp3) is 0.278. The maximum Gasteiger partial charge on any atom is 0.243 e. The van der Waals surface area contributed by atoms with Crippen molar-refractivity contribution in [3.63, 3.8) is 0 Å². The molecule has 0 radical (unpaired) electrons. The molecule has 0 spiro atoms. The second-order valence-corrected chi connectivity index (χ2v) is 8.98. The molecule has 1 amide bonds. The average Bonchev–Trinajstić information content (AvgIpc) is 2.89. The zero-order valence-corrected chi connectivity index (χ0v) is 17.3. The highest BCUT2D eigenvalue weighted by Gasteiger charge is 2.25. The quantitative estimate of drug-likeness (QED) is 0.763. The summed E-state index contributed by atoms with van der Waals surface area (Å²) in [5.41, 5.74) is 0.306. The molecule has 1 aliphatic heterocycles. The van der Waals surface area contributed by atoms with Crippen molar-refractivity contribution >= 4 is 44.8 Å². The monoisotopic (exact) mass is 444 g/mol. The zero-order chi connectivity index (χ0) is 20.3. The molecule has 10 heteroatoms. The van der Waals surface area contributed by atoms with Crippen LogP contribution < -0.4 is 14.8 Å². The van der Waals surface area contributed by atoms with Gasteiger partial charge < -0.3 is 14.8 Å². The Bertz CT molecular complexity index is 997. The van der Waals surface area contributed by atoms with Crippen LogP contribution in [0.5, 0.6) is 11.5 Å². The summed E-state index contributed by atoms with van der Waals surface area (Å²) in [5.74, 6) is 0.305. The molecule has 0 fully saturated rings. The highest BCUT2D eigenvalue weighted by Crippen LogP contribution is 2.32. The van der Waals surface area contributed by atoms with E-state index >= 15 is 0 Å². The van der Waals surface area contributed by atoms with Crippen LogP contribution in [0.1, 0.15) is 6.42 Å². The first-order valence-corrected chi connectivity index (χ1v) is 10.6. The summed E-state index contributed by atoms with van der Waals surface area (Å²) >= 11 is 11.9. The number of amides is 1. The maximum atomic E-state index is 12.8. The Morgan fingerprint density at radius 2 is 1.82 bits per heavy atom. The van der Waals surface area contributed by atoms with Gasteiger partial charge in [-0.2, -0.15) is 4.31 Å². The van der Waals surface area contributed by atoms with E-state index in [1.165, 1.54) is 31.3 Å². The van der Waals surface area contributed by atoms with Crippen LogP contribution >= 0.6 is 23.2 Å². The summed E-state index contributed by atoms with van der Waals surface area (Å²) in [5, 5.41) is 3.25. The van der Waals surface area contributed by atoms with Crippen molar-refractivity contribution in [2.75, 3.05) is 32.1 Å². The third kappa shape index (κ3) is 4.70. The third-order valence-corrected chi connectivity index (χ3v) is 6.36. The summed E-state index contributed by atoms with van der Waals surface area (Å²) in [7, 11) is -2.60. The minimum atomic E-state index is -3.91. The number of ether oxygens (including phenoxy) is 2. The van der Waals surface area contributed by atoms with Gasteiger partial charge in [0.1, 0.15) is 0 Å². The minimum absolute atomic E-state index is 0.00726. The minimum Gasteiger partial charge on any atom is -0.490 e. The number of anilines is 1. The van der Waals surface area contributed by atoms with Gasteiger partial charge in [0.05, 0.1) is 35.4 Å². The zero-order valence-electron chi connectivity index (χ0n) is 14.9. The van der Waals surface area contributed by atoms with Crippen LogP contribution in [0.25, 0.3) is 0 Å². The molecular weight excluding hydrogens is 427 g/mol. The molecule has 0 unspecified atom stereocenters. The van der Waals surface area contributed by atoms with Crippen LogP contribution in [0.15, 0.2) is 41.3 Å². The van der Waals surface area contributed by atoms with E-state index < -0.39 is 22.5 Å². The van der Waals surface area contributed by atoms with Gasteiger partial charge in [-0.1, -0.05) is 23.2 Å². The van der Waals surface area contributed by atoms with Crippen molar-refractivity contribution in [3.05, 3.63) is 46.4 Å². The van der Waals surface area contributed by atoms with Crippen molar-refractivity contribution in [3.8, 4) is 11.5 Å². The summed E-state index contributed by atoms with van der Waals surface area (Å²) < 4.78 is 37.6. The summed E-state index contributed by atoms with van der Waals surface area (Å²) in [6.45, 7) is 0.542. The van der Waals surface area contributed by atoms with E-state index in [1.54, 1.807) is 12.1 Å². The Morgan fingerprint density at radius 1 is 1.11 bits per heavy atom. The normalized spacial score (nSPS) is 13.9. The SMILES string of the molecule is CN(CC(=O)Nc1cc(Cl)ccc1Cl)S(=O)(=O)c1ccc2c(c1)OCCCO2. The fourth-order valence-electron chi connectivity index (χ4n) is 2.55. The predicted molar refractivity (Wildman–Crippen MR) is 107 cm³/mol. The summed E-state index contributed by atoms with van der Waals surface area (Å²) in [6, 6.07) is 8.98. The summed E-state index contributed by atoms with van der Waals surface area (Å²) in [6.07, 6.45) is 0.711. The molecule has 0 saturated heterocycles. The molecule has 0 bridgehead atoms. The molecule has 1 aliphatic rings. The number of halogens is 2. The van der Waals surface area contributed by atoms with Gasteiger partial charge in [-0.05, 0) is 30.3 Å². The van der Waals surface area contributed by atoms with Crippen LogP contribution in [0.2, 0.25) is 10.0 Å². The molecule has 0 atom stereocenters. The van der Waals surface area contributed by atoms with Gasteiger partial charge >= 0.3 is 0 Å². The highest BCUT2D eigenvalue weighted by molar-refractivity contribution is 7.89. The van der Waals surface area contributed by atoms with Crippen molar-refractivity contribution < 1.29 is 22.7 Å². The number of nitrogens with one attached hydrogen (secondary N) is 1.